The van der Waals surface area contributed by atoms with Gasteiger partial charge in [0.15, 0.2) is 5.16 Å². The van der Waals surface area contributed by atoms with E-state index in [1.54, 1.807) is 22.8 Å². The van der Waals surface area contributed by atoms with Crippen molar-refractivity contribution in [2.24, 2.45) is 5.10 Å². The molecule has 0 saturated heterocycles. The number of aromatic nitrogens is 2. The highest BCUT2D eigenvalue weighted by Gasteiger charge is 2.14. The largest absolute Gasteiger partial charge is 0.272 e. The Morgan fingerprint density at radius 3 is 2.55 bits per heavy atom. The first-order valence-corrected chi connectivity index (χ1v) is 11.4. The predicted octanol–water partition coefficient (Wildman–Crippen LogP) is 4.60. The number of hydrogen-bond donors (Lipinski definition) is 1. The van der Waals surface area contributed by atoms with Crippen LogP contribution in [0.3, 0.4) is 0 Å². The molecule has 0 bridgehead atoms. The quantitative estimate of drug-likeness (QED) is 0.192. The third-order valence-electron chi connectivity index (χ3n) is 4.81. The minimum Gasteiger partial charge on any atom is -0.272 e. The fourth-order valence-electron chi connectivity index (χ4n) is 3.16. The molecule has 3 aromatic carbocycles. The molecule has 1 N–H and O–H groups in total. The summed E-state index contributed by atoms with van der Waals surface area (Å²) in [6.45, 7) is 1.99. The highest BCUT2D eigenvalue weighted by Crippen LogP contribution is 2.21. The van der Waals surface area contributed by atoms with Crippen molar-refractivity contribution in [1.82, 2.24) is 15.0 Å². The van der Waals surface area contributed by atoms with E-state index in [4.69, 9.17) is 0 Å². The molecule has 0 spiro atoms. The van der Waals surface area contributed by atoms with E-state index >= 15 is 0 Å². The molecule has 6 nitrogen and oxygen atoms in total. The molecule has 0 fully saturated rings. The van der Waals surface area contributed by atoms with Crippen molar-refractivity contribution in [1.29, 1.82) is 0 Å². The van der Waals surface area contributed by atoms with Gasteiger partial charge in [0, 0.05) is 6.21 Å². The lowest BCUT2D eigenvalue weighted by molar-refractivity contribution is -0.118. The van der Waals surface area contributed by atoms with Gasteiger partial charge in [-0.1, -0.05) is 78.0 Å². The topological polar surface area (TPSA) is 76.3 Å². The molecular formula is C26H22N4O2S. The lowest BCUT2D eigenvalue weighted by atomic mass is 10.2. The van der Waals surface area contributed by atoms with E-state index in [9.17, 15) is 9.59 Å². The van der Waals surface area contributed by atoms with Crippen molar-refractivity contribution in [3.8, 4) is 5.69 Å². The van der Waals surface area contributed by atoms with Crippen LogP contribution < -0.4 is 11.0 Å². The van der Waals surface area contributed by atoms with E-state index in [-0.39, 0.29) is 17.2 Å². The van der Waals surface area contributed by atoms with Gasteiger partial charge in [-0.15, -0.1) is 0 Å². The number of thioether (sulfide) groups is 1. The molecular weight excluding hydrogens is 432 g/mol. The highest BCUT2D eigenvalue weighted by atomic mass is 32.2. The number of hydrogen-bond acceptors (Lipinski definition) is 5. The lowest BCUT2D eigenvalue weighted by Gasteiger charge is -2.13. The van der Waals surface area contributed by atoms with Crippen LogP contribution in [0.25, 0.3) is 22.7 Å². The molecule has 0 unspecified atom stereocenters. The summed E-state index contributed by atoms with van der Waals surface area (Å²) in [7, 11) is 0. The number of para-hydroxylation sites is 1. The second-order valence-corrected chi connectivity index (χ2v) is 8.20. The van der Waals surface area contributed by atoms with Gasteiger partial charge in [0.1, 0.15) is 0 Å². The fourth-order valence-corrected chi connectivity index (χ4v) is 3.97. The van der Waals surface area contributed by atoms with Gasteiger partial charge >= 0.3 is 0 Å². The first-order valence-electron chi connectivity index (χ1n) is 10.4. The minimum absolute atomic E-state index is 0.0659. The Kier molecular flexibility index (Phi) is 7.12. The van der Waals surface area contributed by atoms with Crippen LogP contribution >= 0.6 is 11.8 Å². The number of nitrogens with one attached hydrogen (secondary N) is 1. The number of nitrogens with zero attached hydrogens (tertiary/aromatic N) is 3. The molecule has 1 amide bonds. The molecule has 4 aromatic rings. The van der Waals surface area contributed by atoms with Gasteiger partial charge in [0.2, 0.25) is 0 Å². The number of rotatable bonds is 7. The van der Waals surface area contributed by atoms with Crippen LogP contribution in [0.15, 0.2) is 100.0 Å². The third kappa shape index (κ3) is 5.64. The zero-order valence-electron chi connectivity index (χ0n) is 18.0. The van der Waals surface area contributed by atoms with Gasteiger partial charge < -0.3 is 0 Å². The van der Waals surface area contributed by atoms with E-state index in [0.29, 0.717) is 21.7 Å². The summed E-state index contributed by atoms with van der Waals surface area (Å²) in [4.78, 5) is 30.2. The number of carbonyl (C=O) groups excluding carboxylic acids is 1. The molecule has 33 heavy (non-hydrogen) atoms. The van der Waals surface area contributed by atoms with Crippen LogP contribution in [0.2, 0.25) is 0 Å². The van der Waals surface area contributed by atoms with Crippen molar-refractivity contribution in [3.05, 3.63) is 106 Å². The molecule has 0 atom stereocenters. The fraction of sp³-hybridized carbons (Fsp3) is 0.0769. The van der Waals surface area contributed by atoms with E-state index in [0.717, 1.165) is 11.1 Å². The molecule has 164 valence electrons. The number of aryl methyl sites for hydroxylation is 1. The lowest BCUT2D eigenvalue weighted by Crippen LogP contribution is -2.24. The van der Waals surface area contributed by atoms with Crippen LogP contribution in [-0.2, 0) is 4.79 Å². The summed E-state index contributed by atoms with van der Waals surface area (Å²) < 4.78 is 1.55. The van der Waals surface area contributed by atoms with Crippen molar-refractivity contribution < 1.29 is 4.79 Å². The highest BCUT2D eigenvalue weighted by molar-refractivity contribution is 7.99. The maximum Gasteiger partial charge on any atom is 0.266 e. The smallest absolute Gasteiger partial charge is 0.266 e. The van der Waals surface area contributed by atoms with Crippen LogP contribution in [-0.4, -0.2) is 27.4 Å². The number of amides is 1. The first kappa shape index (κ1) is 22.2. The Balaban J connectivity index is 1.49. The van der Waals surface area contributed by atoms with Crippen LogP contribution in [0.4, 0.5) is 0 Å². The average Bonchev–Trinajstić information content (AvgIpc) is 2.84. The molecule has 0 aliphatic heterocycles. The van der Waals surface area contributed by atoms with Gasteiger partial charge in [-0.3, -0.25) is 14.2 Å². The Morgan fingerprint density at radius 1 is 1.03 bits per heavy atom. The van der Waals surface area contributed by atoms with E-state index in [2.05, 4.69) is 15.5 Å². The predicted molar refractivity (Wildman–Crippen MR) is 135 cm³/mol. The Bertz CT molecular complexity index is 1380. The summed E-state index contributed by atoms with van der Waals surface area (Å²) in [5, 5.41) is 4.92. The maximum absolute atomic E-state index is 13.2. The van der Waals surface area contributed by atoms with Crippen molar-refractivity contribution in [3.63, 3.8) is 0 Å². The van der Waals surface area contributed by atoms with Gasteiger partial charge in [-0.25, -0.2) is 10.4 Å². The van der Waals surface area contributed by atoms with Crippen LogP contribution in [0, 0.1) is 6.92 Å². The number of carbonyl (C=O) groups is 1. The molecule has 1 aromatic heterocycles. The molecule has 0 aliphatic rings. The van der Waals surface area contributed by atoms with Crippen LogP contribution in [0.1, 0.15) is 11.1 Å². The summed E-state index contributed by atoms with van der Waals surface area (Å²) >= 11 is 1.19. The standard InChI is InChI=1S/C26H22N4O2S/c1-19-13-15-21(16-14-19)30-25(32)22-11-5-6-12-23(22)28-26(30)33-18-24(31)29-27-17-7-10-20-8-3-2-4-9-20/h2-17H,18H2,1H3,(H,29,31)/b10-7+,27-17+. The van der Waals surface area contributed by atoms with E-state index in [1.807, 2.05) is 79.7 Å². The number of benzene rings is 3. The van der Waals surface area contributed by atoms with Gasteiger partial charge in [-0.2, -0.15) is 5.10 Å². The van der Waals surface area contributed by atoms with Crippen molar-refractivity contribution in [2.45, 2.75) is 12.1 Å². The summed E-state index contributed by atoms with van der Waals surface area (Å²) in [6, 6.07) is 24.6. The Hall–Kier alpha value is -3.97. The first-order chi connectivity index (χ1) is 16.1. The SMILES string of the molecule is Cc1ccc(-n2c(SCC(=O)N/N=C/C=C/c3ccccc3)nc3ccccc3c2=O)cc1. The summed E-state index contributed by atoms with van der Waals surface area (Å²) in [5.41, 5.74) is 5.77. The summed E-state index contributed by atoms with van der Waals surface area (Å²) in [6.07, 6.45) is 5.17. The second-order valence-electron chi connectivity index (χ2n) is 7.26. The number of hydrazone groups is 1. The normalized spacial score (nSPS) is 11.4. The van der Waals surface area contributed by atoms with Gasteiger partial charge in [0.25, 0.3) is 11.5 Å². The van der Waals surface area contributed by atoms with Gasteiger partial charge in [-0.05, 0) is 42.8 Å². The third-order valence-corrected chi connectivity index (χ3v) is 5.75. The molecule has 0 saturated carbocycles. The second kappa shape index (κ2) is 10.6. The molecule has 7 heteroatoms. The summed E-state index contributed by atoms with van der Waals surface area (Å²) in [5.74, 6) is -0.224. The Labute approximate surface area is 195 Å². The zero-order valence-corrected chi connectivity index (χ0v) is 18.8. The van der Waals surface area contributed by atoms with E-state index < -0.39 is 0 Å². The van der Waals surface area contributed by atoms with Crippen molar-refractivity contribution in [2.75, 3.05) is 5.75 Å². The Morgan fingerprint density at radius 2 is 1.76 bits per heavy atom. The molecule has 0 aliphatic carbocycles. The minimum atomic E-state index is -0.290. The molecule has 1 heterocycles. The molecule has 0 radical (unpaired) electrons. The zero-order chi connectivity index (χ0) is 23.0. The monoisotopic (exact) mass is 454 g/mol. The number of allylic oxidation sites excluding steroid dienone is 1. The van der Waals surface area contributed by atoms with Crippen molar-refractivity contribution >= 4 is 40.9 Å². The number of fused-ring (bicyclic) bond motifs is 1. The van der Waals surface area contributed by atoms with Gasteiger partial charge in [0.05, 0.1) is 22.3 Å². The average molecular weight is 455 g/mol. The van der Waals surface area contributed by atoms with E-state index in [1.165, 1.54) is 18.0 Å². The maximum atomic E-state index is 13.2. The van der Waals surface area contributed by atoms with Crippen LogP contribution in [0.5, 0.6) is 0 Å². The molecule has 4 rings (SSSR count).